The van der Waals surface area contributed by atoms with Gasteiger partial charge in [-0.1, -0.05) is 42.5 Å². The summed E-state index contributed by atoms with van der Waals surface area (Å²) in [5.74, 6) is -2.14. The SMILES string of the molecule is COc1ccc(OC)c(C(=O)[C@H]2[C@@H](C(=O)c3ccc(F)cc3)[C@]3(C(=O)Nc4ccccc43)[C@H]3c4ccccc4C=CN23)c1. The van der Waals surface area contributed by atoms with E-state index in [1.165, 1.54) is 38.5 Å². The largest absolute Gasteiger partial charge is 0.497 e. The van der Waals surface area contributed by atoms with Gasteiger partial charge in [0.2, 0.25) is 5.91 Å². The number of fused-ring (bicyclic) bond motifs is 6. The van der Waals surface area contributed by atoms with Crippen LogP contribution >= 0.6 is 0 Å². The maximum Gasteiger partial charge on any atom is 0.238 e. The van der Waals surface area contributed by atoms with Crippen molar-refractivity contribution in [3.8, 4) is 11.5 Å². The smallest absolute Gasteiger partial charge is 0.238 e. The molecule has 4 aromatic carbocycles. The molecule has 0 unspecified atom stereocenters. The van der Waals surface area contributed by atoms with Crippen LogP contribution in [0.2, 0.25) is 0 Å². The highest BCUT2D eigenvalue weighted by atomic mass is 19.1. The van der Waals surface area contributed by atoms with Gasteiger partial charge in [-0.25, -0.2) is 4.39 Å². The number of ketones is 2. The van der Waals surface area contributed by atoms with Crippen LogP contribution in [-0.4, -0.2) is 42.6 Å². The molecule has 7 nitrogen and oxygen atoms in total. The first-order valence-corrected chi connectivity index (χ1v) is 13.9. The molecule has 4 atom stereocenters. The van der Waals surface area contributed by atoms with E-state index >= 15 is 0 Å². The van der Waals surface area contributed by atoms with Crippen LogP contribution in [0.4, 0.5) is 10.1 Å². The van der Waals surface area contributed by atoms with Gasteiger partial charge in [0.05, 0.1) is 31.7 Å². The molecular formula is C35H27FN2O5. The van der Waals surface area contributed by atoms with E-state index in [9.17, 15) is 18.8 Å². The minimum Gasteiger partial charge on any atom is -0.497 e. The zero-order chi connectivity index (χ0) is 29.9. The molecule has 43 heavy (non-hydrogen) atoms. The molecule has 4 aromatic rings. The molecule has 1 fully saturated rings. The van der Waals surface area contributed by atoms with Crippen molar-refractivity contribution in [2.75, 3.05) is 19.5 Å². The summed E-state index contributed by atoms with van der Waals surface area (Å²) in [6, 6.07) is 23.3. The number of hydrogen-bond donors (Lipinski definition) is 1. The van der Waals surface area contributed by atoms with Gasteiger partial charge in [0.25, 0.3) is 0 Å². The standard InChI is InChI=1S/C35H27FN2O5/c1-42-23-15-16-28(43-2)25(19-23)32(40)30-29(31(39)21-11-13-22(36)14-12-21)35(26-9-5-6-10-27(26)37-34(35)41)33-24-8-4-3-7-20(24)17-18-38(30)33/h3-19,29-30,33H,1-2H3,(H,37,41)/t29-,30+,33+,35-/m0/s1. The van der Waals surface area contributed by atoms with Crippen LogP contribution in [0.15, 0.2) is 97.2 Å². The maximum atomic E-state index is 14.9. The third kappa shape index (κ3) is 3.75. The monoisotopic (exact) mass is 574 g/mol. The van der Waals surface area contributed by atoms with Crippen LogP contribution in [0.3, 0.4) is 0 Å². The number of nitrogens with zero attached hydrogens (tertiary/aromatic N) is 1. The van der Waals surface area contributed by atoms with E-state index in [2.05, 4.69) is 5.32 Å². The fourth-order valence-corrected chi connectivity index (χ4v) is 7.13. The molecule has 1 N–H and O–H groups in total. The van der Waals surface area contributed by atoms with Crippen molar-refractivity contribution in [1.82, 2.24) is 4.90 Å². The van der Waals surface area contributed by atoms with Gasteiger partial charge in [0.1, 0.15) is 28.8 Å². The molecule has 1 saturated heterocycles. The lowest BCUT2D eigenvalue weighted by molar-refractivity contribution is -0.122. The molecule has 3 aliphatic heterocycles. The Bertz CT molecular complexity index is 1830. The van der Waals surface area contributed by atoms with E-state index in [0.717, 1.165) is 11.1 Å². The fraction of sp³-hybridized carbons (Fsp3) is 0.171. The third-order valence-corrected chi connectivity index (χ3v) is 8.92. The van der Waals surface area contributed by atoms with Crippen molar-refractivity contribution in [1.29, 1.82) is 0 Å². The number of para-hydroxylation sites is 1. The van der Waals surface area contributed by atoms with E-state index in [0.29, 0.717) is 22.7 Å². The molecule has 3 heterocycles. The highest BCUT2D eigenvalue weighted by Gasteiger charge is 2.70. The molecular weight excluding hydrogens is 547 g/mol. The van der Waals surface area contributed by atoms with E-state index in [-0.39, 0.29) is 17.0 Å². The molecule has 1 amide bonds. The number of hydrogen-bond acceptors (Lipinski definition) is 6. The Morgan fingerprint density at radius 1 is 0.884 bits per heavy atom. The van der Waals surface area contributed by atoms with Crippen LogP contribution in [-0.2, 0) is 10.2 Å². The Morgan fingerprint density at radius 3 is 2.40 bits per heavy atom. The van der Waals surface area contributed by atoms with Crippen LogP contribution in [0.5, 0.6) is 11.5 Å². The number of benzene rings is 4. The highest BCUT2D eigenvalue weighted by Crippen LogP contribution is 2.62. The van der Waals surface area contributed by atoms with Crippen molar-refractivity contribution in [3.63, 3.8) is 0 Å². The lowest BCUT2D eigenvalue weighted by Gasteiger charge is -2.38. The summed E-state index contributed by atoms with van der Waals surface area (Å²) in [5.41, 5.74) is 1.86. The van der Waals surface area contributed by atoms with Gasteiger partial charge >= 0.3 is 0 Å². The van der Waals surface area contributed by atoms with Gasteiger partial charge in [-0.3, -0.25) is 14.4 Å². The molecule has 8 heteroatoms. The minimum absolute atomic E-state index is 0.204. The van der Waals surface area contributed by atoms with Gasteiger partial charge in [-0.05, 0) is 71.3 Å². The van der Waals surface area contributed by atoms with Crippen molar-refractivity contribution < 1.29 is 28.2 Å². The lowest BCUT2D eigenvalue weighted by Crippen LogP contribution is -2.49. The first kappa shape index (κ1) is 26.6. The Hall–Kier alpha value is -5.24. The summed E-state index contributed by atoms with van der Waals surface area (Å²) in [6.45, 7) is 0. The van der Waals surface area contributed by atoms with Crippen LogP contribution in [0.25, 0.3) is 6.08 Å². The Balaban J connectivity index is 1.54. The van der Waals surface area contributed by atoms with E-state index < -0.39 is 40.8 Å². The average molecular weight is 575 g/mol. The van der Waals surface area contributed by atoms with Gasteiger partial charge < -0.3 is 19.7 Å². The summed E-state index contributed by atoms with van der Waals surface area (Å²) in [6.07, 6.45) is 3.70. The van der Waals surface area contributed by atoms with Crippen LogP contribution < -0.4 is 14.8 Å². The molecule has 0 aromatic heterocycles. The molecule has 7 rings (SSSR count). The number of carbonyl (C=O) groups is 3. The van der Waals surface area contributed by atoms with Crippen molar-refractivity contribution >= 4 is 29.2 Å². The Labute approximate surface area is 247 Å². The second kappa shape index (κ2) is 9.94. The molecule has 214 valence electrons. The zero-order valence-electron chi connectivity index (χ0n) is 23.4. The molecule has 0 radical (unpaired) electrons. The van der Waals surface area contributed by atoms with Crippen molar-refractivity contribution in [2.24, 2.45) is 5.92 Å². The Kier molecular flexibility index (Phi) is 6.16. The van der Waals surface area contributed by atoms with E-state index in [1.807, 2.05) is 53.4 Å². The number of rotatable bonds is 6. The van der Waals surface area contributed by atoms with Gasteiger partial charge in [-0.2, -0.15) is 0 Å². The normalized spacial score (nSPS) is 22.9. The third-order valence-electron chi connectivity index (χ3n) is 8.92. The fourth-order valence-electron chi connectivity index (χ4n) is 7.13. The first-order chi connectivity index (χ1) is 20.9. The lowest BCUT2D eigenvalue weighted by atomic mass is 9.62. The molecule has 3 aliphatic rings. The van der Waals surface area contributed by atoms with Gasteiger partial charge in [0.15, 0.2) is 11.6 Å². The second-order valence-corrected chi connectivity index (χ2v) is 10.9. The van der Waals surface area contributed by atoms with Crippen LogP contribution in [0.1, 0.15) is 43.4 Å². The zero-order valence-corrected chi connectivity index (χ0v) is 23.4. The molecule has 0 saturated carbocycles. The maximum absolute atomic E-state index is 14.9. The summed E-state index contributed by atoms with van der Waals surface area (Å²) in [7, 11) is 2.97. The summed E-state index contributed by atoms with van der Waals surface area (Å²) >= 11 is 0. The topological polar surface area (TPSA) is 84.9 Å². The first-order valence-electron chi connectivity index (χ1n) is 13.9. The van der Waals surface area contributed by atoms with Crippen molar-refractivity contribution in [3.05, 3.63) is 131 Å². The van der Waals surface area contributed by atoms with E-state index in [4.69, 9.17) is 9.47 Å². The van der Waals surface area contributed by atoms with Gasteiger partial charge in [-0.15, -0.1) is 0 Å². The second-order valence-electron chi connectivity index (χ2n) is 10.9. The number of Topliss-reactive ketones (excluding diaryl/α,β-unsaturated/α-hetero) is 2. The molecule has 0 aliphatic carbocycles. The predicted octanol–water partition coefficient (Wildman–Crippen LogP) is 5.82. The Morgan fingerprint density at radius 2 is 1.63 bits per heavy atom. The highest BCUT2D eigenvalue weighted by molar-refractivity contribution is 6.17. The minimum atomic E-state index is -1.49. The number of ether oxygens (including phenoxy) is 2. The number of carbonyl (C=O) groups excluding carboxylic acids is 3. The molecule has 1 spiro atoms. The van der Waals surface area contributed by atoms with Gasteiger partial charge in [0, 0.05) is 17.5 Å². The quantitative estimate of drug-likeness (QED) is 0.292. The average Bonchev–Trinajstić information content (AvgIpc) is 3.52. The van der Waals surface area contributed by atoms with E-state index in [1.54, 1.807) is 30.5 Å². The summed E-state index contributed by atoms with van der Waals surface area (Å²) in [4.78, 5) is 46.0. The number of amides is 1. The number of methoxy groups -OCH3 is 2. The number of anilines is 1. The summed E-state index contributed by atoms with van der Waals surface area (Å²) in [5, 5.41) is 3.02. The van der Waals surface area contributed by atoms with Crippen LogP contribution in [0, 0.1) is 11.7 Å². The number of halogens is 1. The number of nitrogens with one attached hydrogen (secondary N) is 1. The predicted molar refractivity (Wildman–Crippen MR) is 159 cm³/mol. The van der Waals surface area contributed by atoms with Crippen molar-refractivity contribution in [2.45, 2.75) is 17.5 Å². The summed E-state index contributed by atoms with van der Waals surface area (Å²) < 4.78 is 25.0. The molecule has 0 bridgehead atoms.